The zero-order chi connectivity index (χ0) is 16.3. The van der Waals surface area contributed by atoms with Crippen molar-refractivity contribution in [2.75, 3.05) is 13.1 Å². The molecule has 0 aliphatic heterocycles. The molecule has 0 saturated carbocycles. The molecule has 0 atom stereocenters. The Morgan fingerprint density at radius 3 is 1.73 bits per heavy atom. The van der Waals surface area contributed by atoms with Gasteiger partial charge >= 0.3 is 0 Å². The van der Waals surface area contributed by atoms with E-state index in [0.29, 0.717) is 5.54 Å². The van der Waals surface area contributed by atoms with E-state index in [1.165, 1.54) is 70.0 Å². The third-order valence-corrected chi connectivity index (χ3v) is 4.81. The SMILES string of the molecule is CCCN(CCC)C(CCC)(CCC)CCc1ccccc1. The summed E-state index contributed by atoms with van der Waals surface area (Å²) in [6.07, 6.45) is 10.3. The summed E-state index contributed by atoms with van der Waals surface area (Å²) >= 11 is 0. The number of hydrogen-bond acceptors (Lipinski definition) is 1. The number of aryl methyl sites for hydroxylation is 1. The Hall–Kier alpha value is -0.820. The van der Waals surface area contributed by atoms with Crippen molar-refractivity contribution < 1.29 is 0 Å². The predicted molar refractivity (Wildman–Crippen MR) is 99.5 cm³/mol. The largest absolute Gasteiger partial charge is 0.298 e. The Morgan fingerprint density at radius 1 is 0.727 bits per heavy atom. The van der Waals surface area contributed by atoms with Crippen LogP contribution in [0.3, 0.4) is 0 Å². The van der Waals surface area contributed by atoms with Crippen LogP contribution in [0, 0.1) is 0 Å². The standard InChI is InChI=1S/C21H37N/c1-5-15-21(16-6-2,22(18-7-3)19-8-4)17-14-20-12-10-9-11-13-20/h9-13H,5-8,14-19H2,1-4H3. The summed E-state index contributed by atoms with van der Waals surface area (Å²) in [7, 11) is 0. The van der Waals surface area contributed by atoms with Gasteiger partial charge in [0.15, 0.2) is 0 Å². The molecule has 1 rings (SSSR count). The molecule has 0 saturated heterocycles. The maximum Gasteiger partial charge on any atom is 0.0212 e. The predicted octanol–water partition coefficient (Wildman–Crippen LogP) is 6.08. The third kappa shape index (κ3) is 5.76. The molecule has 0 fully saturated rings. The summed E-state index contributed by atoms with van der Waals surface area (Å²) < 4.78 is 0. The maximum absolute atomic E-state index is 2.82. The van der Waals surface area contributed by atoms with Gasteiger partial charge in [0.2, 0.25) is 0 Å². The molecular weight excluding hydrogens is 266 g/mol. The van der Waals surface area contributed by atoms with E-state index in [4.69, 9.17) is 0 Å². The summed E-state index contributed by atoms with van der Waals surface area (Å²) in [6.45, 7) is 11.8. The van der Waals surface area contributed by atoms with Crippen molar-refractivity contribution in [2.45, 2.75) is 84.6 Å². The van der Waals surface area contributed by atoms with Gasteiger partial charge in [-0.15, -0.1) is 0 Å². The smallest absolute Gasteiger partial charge is 0.0212 e. The first-order valence-electron chi connectivity index (χ1n) is 9.51. The summed E-state index contributed by atoms with van der Waals surface area (Å²) in [4.78, 5) is 2.82. The van der Waals surface area contributed by atoms with Crippen LogP contribution in [0.25, 0.3) is 0 Å². The highest BCUT2D eigenvalue weighted by Gasteiger charge is 2.33. The molecule has 0 aromatic heterocycles. The number of benzene rings is 1. The van der Waals surface area contributed by atoms with E-state index in [2.05, 4.69) is 62.9 Å². The molecule has 0 unspecified atom stereocenters. The molecule has 1 heteroatoms. The van der Waals surface area contributed by atoms with Crippen LogP contribution in [-0.4, -0.2) is 23.5 Å². The lowest BCUT2D eigenvalue weighted by Crippen LogP contribution is -2.49. The van der Waals surface area contributed by atoms with Gasteiger partial charge in [0.05, 0.1) is 0 Å². The average Bonchev–Trinajstić information content (AvgIpc) is 2.54. The molecule has 1 aromatic rings. The van der Waals surface area contributed by atoms with Gasteiger partial charge < -0.3 is 0 Å². The third-order valence-electron chi connectivity index (χ3n) is 4.81. The van der Waals surface area contributed by atoms with Crippen LogP contribution in [0.5, 0.6) is 0 Å². The Labute approximate surface area is 139 Å². The summed E-state index contributed by atoms with van der Waals surface area (Å²) in [5.74, 6) is 0. The lowest BCUT2D eigenvalue weighted by Gasteiger charge is -2.45. The first-order chi connectivity index (χ1) is 10.7. The van der Waals surface area contributed by atoms with Crippen LogP contribution in [0.4, 0.5) is 0 Å². The second-order valence-corrected chi connectivity index (χ2v) is 6.70. The second-order valence-electron chi connectivity index (χ2n) is 6.70. The molecule has 0 bridgehead atoms. The minimum Gasteiger partial charge on any atom is -0.298 e. The number of rotatable bonds is 12. The summed E-state index contributed by atoms with van der Waals surface area (Å²) in [5.41, 5.74) is 1.90. The fourth-order valence-electron chi connectivity index (χ4n) is 3.93. The number of hydrogen-bond donors (Lipinski definition) is 0. The Morgan fingerprint density at radius 2 is 1.27 bits per heavy atom. The Bertz CT molecular complexity index is 359. The van der Waals surface area contributed by atoms with Crippen molar-refractivity contribution in [3.05, 3.63) is 35.9 Å². The van der Waals surface area contributed by atoms with Crippen LogP contribution in [0.15, 0.2) is 30.3 Å². The molecule has 0 aliphatic carbocycles. The van der Waals surface area contributed by atoms with Crippen molar-refractivity contribution in [3.63, 3.8) is 0 Å². The van der Waals surface area contributed by atoms with Crippen molar-refractivity contribution in [3.8, 4) is 0 Å². The lowest BCUT2D eigenvalue weighted by molar-refractivity contribution is 0.0585. The normalized spacial score (nSPS) is 12.0. The fourth-order valence-corrected chi connectivity index (χ4v) is 3.93. The molecule has 1 aromatic carbocycles. The Kier molecular flexibility index (Phi) is 9.47. The van der Waals surface area contributed by atoms with Crippen LogP contribution in [-0.2, 0) is 6.42 Å². The van der Waals surface area contributed by atoms with Crippen LogP contribution < -0.4 is 0 Å². The first-order valence-corrected chi connectivity index (χ1v) is 9.51. The van der Waals surface area contributed by atoms with Gasteiger partial charge in [0.1, 0.15) is 0 Å². The molecule has 0 spiro atoms. The highest BCUT2D eigenvalue weighted by atomic mass is 15.2. The van der Waals surface area contributed by atoms with Crippen LogP contribution >= 0.6 is 0 Å². The van der Waals surface area contributed by atoms with E-state index in [0.717, 1.165) is 0 Å². The molecule has 0 heterocycles. The Balaban J connectivity index is 2.91. The minimum absolute atomic E-state index is 0.408. The lowest BCUT2D eigenvalue weighted by atomic mass is 9.81. The molecule has 126 valence electrons. The van der Waals surface area contributed by atoms with Crippen LogP contribution in [0.2, 0.25) is 0 Å². The van der Waals surface area contributed by atoms with Crippen molar-refractivity contribution >= 4 is 0 Å². The van der Waals surface area contributed by atoms with Crippen molar-refractivity contribution in [1.82, 2.24) is 4.90 Å². The maximum atomic E-state index is 2.82. The monoisotopic (exact) mass is 303 g/mol. The molecule has 1 nitrogen and oxygen atoms in total. The van der Waals surface area contributed by atoms with Gasteiger partial charge in [-0.2, -0.15) is 0 Å². The van der Waals surface area contributed by atoms with Gasteiger partial charge in [0.25, 0.3) is 0 Å². The van der Waals surface area contributed by atoms with E-state index >= 15 is 0 Å². The summed E-state index contributed by atoms with van der Waals surface area (Å²) in [5, 5.41) is 0. The zero-order valence-electron chi connectivity index (χ0n) is 15.4. The van der Waals surface area contributed by atoms with Gasteiger partial charge in [-0.25, -0.2) is 0 Å². The highest BCUT2D eigenvalue weighted by Crippen LogP contribution is 2.33. The van der Waals surface area contributed by atoms with Gasteiger partial charge in [0, 0.05) is 5.54 Å². The van der Waals surface area contributed by atoms with E-state index in [1.807, 2.05) is 0 Å². The van der Waals surface area contributed by atoms with E-state index in [1.54, 1.807) is 0 Å². The summed E-state index contributed by atoms with van der Waals surface area (Å²) in [6, 6.07) is 11.0. The van der Waals surface area contributed by atoms with Crippen molar-refractivity contribution in [2.24, 2.45) is 0 Å². The highest BCUT2D eigenvalue weighted by molar-refractivity contribution is 5.15. The van der Waals surface area contributed by atoms with Crippen molar-refractivity contribution in [1.29, 1.82) is 0 Å². The van der Waals surface area contributed by atoms with Crippen LogP contribution in [0.1, 0.15) is 78.2 Å². The molecular formula is C21H37N. The molecule has 22 heavy (non-hydrogen) atoms. The van der Waals surface area contributed by atoms with Gasteiger partial charge in [-0.1, -0.05) is 70.9 Å². The molecule has 0 aliphatic rings. The molecule has 0 N–H and O–H groups in total. The van der Waals surface area contributed by atoms with Gasteiger partial charge in [-0.3, -0.25) is 4.90 Å². The van der Waals surface area contributed by atoms with E-state index in [9.17, 15) is 0 Å². The average molecular weight is 304 g/mol. The first kappa shape index (κ1) is 19.2. The fraction of sp³-hybridized carbons (Fsp3) is 0.714. The van der Waals surface area contributed by atoms with E-state index in [-0.39, 0.29) is 0 Å². The topological polar surface area (TPSA) is 3.24 Å². The molecule has 0 radical (unpaired) electrons. The van der Waals surface area contributed by atoms with E-state index < -0.39 is 0 Å². The quantitative estimate of drug-likeness (QED) is 0.452. The minimum atomic E-state index is 0.408. The number of nitrogens with zero attached hydrogens (tertiary/aromatic N) is 1. The van der Waals surface area contributed by atoms with Gasteiger partial charge in [-0.05, 0) is 57.2 Å². The second kappa shape index (κ2) is 10.8. The molecule has 0 amide bonds. The zero-order valence-corrected chi connectivity index (χ0v) is 15.4.